The Balaban J connectivity index is 0.000000609. The normalized spacial score (nSPS) is 11.2. The Labute approximate surface area is 190 Å². The van der Waals surface area contributed by atoms with Crippen molar-refractivity contribution >= 4 is 18.8 Å². The van der Waals surface area contributed by atoms with Crippen LogP contribution in [-0.4, -0.2) is 50.5 Å². The van der Waals surface area contributed by atoms with Crippen LogP contribution >= 0.6 is 0 Å². The molecule has 0 saturated carbocycles. The van der Waals surface area contributed by atoms with Gasteiger partial charge in [-0.1, -0.05) is 26.0 Å². The molecule has 31 heavy (non-hydrogen) atoms. The highest BCUT2D eigenvalue weighted by Crippen LogP contribution is 2.25. The van der Waals surface area contributed by atoms with E-state index in [0.717, 1.165) is 37.4 Å². The molecule has 0 saturated heterocycles. The average Bonchev–Trinajstić information content (AvgIpc) is 2.72. The molecular weight excluding hydrogens is 388 g/mol. The van der Waals surface area contributed by atoms with E-state index in [0.29, 0.717) is 24.8 Å². The Morgan fingerprint density at radius 2 is 1.94 bits per heavy atom. The summed E-state index contributed by atoms with van der Waals surface area (Å²) >= 11 is 0. The summed E-state index contributed by atoms with van der Waals surface area (Å²) in [5.74, 6) is 2.59. The molecule has 0 unspecified atom stereocenters. The fourth-order valence-corrected chi connectivity index (χ4v) is 3.34. The smallest absolute Gasteiger partial charge is 0.128 e. The first kappa shape index (κ1) is 28.8. The van der Waals surface area contributed by atoms with E-state index in [4.69, 9.17) is 4.74 Å². The number of carbonyl (C=O) groups is 1. The van der Waals surface area contributed by atoms with Crippen molar-refractivity contribution in [3.63, 3.8) is 0 Å². The molecule has 0 atom stereocenters. The van der Waals surface area contributed by atoms with Crippen molar-refractivity contribution in [2.24, 2.45) is 16.1 Å². The summed E-state index contributed by atoms with van der Waals surface area (Å²) in [4.78, 5) is 12.7. The first-order valence-corrected chi connectivity index (χ1v) is 11.2. The lowest BCUT2D eigenvalue weighted by Gasteiger charge is -2.29. The Hall–Kier alpha value is -2.21. The number of nitrogens with one attached hydrogen (secondary N) is 1. The van der Waals surface area contributed by atoms with Crippen LogP contribution < -0.4 is 10.1 Å². The number of benzene rings is 1. The zero-order valence-corrected chi connectivity index (χ0v) is 21.0. The summed E-state index contributed by atoms with van der Waals surface area (Å²) in [5, 5.41) is 10.8. The SMILES string of the molecule is C=N/N=C(\CCC=O)N(CCCC(C)C)C(C)C.CNCc1ccc(C)c(C)c1OC. The summed E-state index contributed by atoms with van der Waals surface area (Å²) in [6.45, 7) is 18.1. The first-order chi connectivity index (χ1) is 14.7. The molecule has 1 rings (SSSR count). The third-order valence-corrected chi connectivity index (χ3v) is 5.14. The number of ether oxygens (including phenoxy) is 1. The number of rotatable bonds is 12. The Morgan fingerprint density at radius 3 is 2.42 bits per heavy atom. The minimum absolute atomic E-state index is 0.365. The van der Waals surface area contributed by atoms with Gasteiger partial charge in [-0.2, -0.15) is 5.10 Å². The molecule has 0 radical (unpaired) electrons. The van der Waals surface area contributed by atoms with Gasteiger partial charge in [0.2, 0.25) is 0 Å². The summed E-state index contributed by atoms with van der Waals surface area (Å²) in [5.41, 5.74) is 3.72. The molecular formula is C25H44N4O2. The number of amidine groups is 1. The van der Waals surface area contributed by atoms with Crippen LogP contribution in [0.2, 0.25) is 0 Å². The number of aldehydes is 1. The summed E-state index contributed by atoms with van der Waals surface area (Å²) in [6, 6.07) is 4.60. The van der Waals surface area contributed by atoms with Gasteiger partial charge < -0.3 is 19.7 Å². The fourth-order valence-electron chi connectivity index (χ4n) is 3.34. The third-order valence-electron chi connectivity index (χ3n) is 5.14. The maximum absolute atomic E-state index is 10.5. The molecule has 0 aliphatic carbocycles. The predicted octanol–water partition coefficient (Wildman–Crippen LogP) is 5.16. The van der Waals surface area contributed by atoms with Crippen LogP contribution in [0.1, 0.15) is 70.1 Å². The zero-order valence-electron chi connectivity index (χ0n) is 21.0. The molecule has 176 valence electrons. The van der Waals surface area contributed by atoms with Gasteiger partial charge in [-0.05, 0) is 64.6 Å². The average molecular weight is 433 g/mol. The largest absolute Gasteiger partial charge is 0.496 e. The van der Waals surface area contributed by atoms with Crippen molar-refractivity contribution in [2.45, 2.75) is 79.8 Å². The standard InChI is InChI=1S/C14H27N3O.C11H17NO/c1-12(2)8-6-10-17(13(3)4)14(16-15-5)9-7-11-18;1-8-5-6-10(7-12-3)11(13-4)9(8)2/h11-13H,5-10H2,1-4H3;5-6,12H,7H2,1-4H3/b16-14+;. The van der Waals surface area contributed by atoms with Crippen molar-refractivity contribution in [2.75, 3.05) is 20.7 Å². The summed E-state index contributed by atoms with van der Waals surface area (Å²) in [7, 11) is 3.66. The Kier molecular flexibility index (Phi) is 15.3. The van der Waals surface area contributed by atoms with Gasteiger partial charge in [0.25, 0.3) is 0 Å². The molecule has 1 aromatic carbocycles. The zero-order chi connectivity index (χ0) is 23.8. The molecule has 0 fully saturated rings. The summed E-state index contributed by atoms with van der Waals surface area (Å²) in [6.07, 6.45) is 4.38. The van der Waals surface area contributed by atoms with Gasteiger partial charge in [-0.3, -0.25) is 0 Å². The first-order valence-electron chi connectivity index (χ1n) is 11.2. The van der Waals surface area contributed by atoms with E-state index in [1.807, 2.05) is 7.05 Å². The van der Waals surface area contributed by atoms with E-state index in [9.17, 15) is 4.79 Å². The molecule has 1 aromatic rings. The topological polar surface area (TPSA) is 66.3 Å². The lowest BCUT2D eigenvalue weighted by molar-refractivity contribution is -0.107. The van der Waals surface area contributed by atoms with Gasteiger partial charge in [0, 0.05) is 44.3 Å². The Bertz CT molecular complexity index is 684. The van der Waals surface area contributed by atoms with E-state index in [1.165, 1.54) is 23.1 Å². The maximum Gasteiger partial charge on any atom is 0.128 e. The van der Waals surface area contributed by atoms with Crippen LogP contribution in [-0.2, 0) is 11.3 Å². The molecule has 6 nitrogen and oxygen atoms in total. The molecule has 0 heterocycles. The highest BCUT2D eigenvalue weighted by atomic mass is 16.5. The lowest BCUT2D eigenvalue weighted by Crippen LogP contribution is -2.37. The quantitative estimate of drug-likeness (QED) is 0.214. The monoisotopic (exact) mass is 432 g/mol. The second-order valence-electron chi connectivity index (χ2n) is 8.42. The van der Waals surface area contributed by atoms with Gasteiger partial charge in [0.05, 0.1) is 7.11 Å². The molecule has 0 aromatic heterocycles. The van der Waals surface area contributed by atoms with E-state index in [1.54, 1.807) is 7.11 Å². The van der Waals surface area contributed by atoms with Crippen LogP contribution in [0.5, 0.6) is 5.75 Å². The van der Waals surface area contributed by atoms with Crippen LogP contribution in [0.15, 0.2) is 22.3 Å². The molecule has 0 aliphatic heterocycles. The third kappa shape index (κ3) is 11.1. The van der Waals surface area contributed by atoms with E-state index < -0.39 is 0 Å². The minimum Gasteiger partial charge on any atom is -0.496 e. The van der Waals surface area contributed by atoms with E-state index in [2.05, 4.69) is 80.8 Å². The number of hydrogen-bond acceptors (Lipinski definition) is 5. The number of carbonyl (C=O) groups excluding carboxylic acids is 1. The number of aryl methyl sites for hydroxylation is 1. The number of nitrogens with zero attached hydrogens (tertiary/aromatic N) is 3. The molecule has 6 heteroatoms. The van der Waals surface area contributed by atoms with E-state index in [-0.39, 0.29) is 0 Å². The highest BCUT2D eigenvalue weighted by molar-refractivity contribution is 5.84. The van der Waals surface area contributed by atoms with Crippen molar-refractivity contribution in [3.8, 4) is 5.75 Å². The summed E-state index contributed by atoms with van der Waals surface area (Å²) < 4.78 is 5.37. The molecule has 0 bridgehead atoms. The van der Waals surface area contributed by atoms with Crippen LogP contribution in [0.3, 0.4) is 0 Å². The lowest BCUT2D eigenvalue weighted by atomic mass is 10.0. The predicted molar refractivity (Wildman–Crippen MR) is 133 cm³/mol. The van der Waals surface area contributed by atoms with Crippen molar-refractivity contribution < 1.29 is 9.53 Å². The van der Waals surface area contributed by atoms with Crippen LogP contribution in [0.4, 0.5) is 0 Å². The van der Waals surface area contributed by atoms with Crippen LogP contribution in [0, 0.1) is 19.8 Å². The fraction of sp³-hybridized carbons (Fsp3) is 0.640. The van der Waals surface area contributed by atoms with Crippen molar-refractivity contribution in [3.05, 3.63) is 28.8 Å². The number of hydrogen-bond donors (Lipinski definition) is 1. The maximum atomic E-state index is 10.5. The number of methoxy groups -OCH3 is 1. The van der Waals surface area contributed by atoms with Gasteiger partial charge >= 0.3 is 0 Å². The second kappa shape index (κ2) is 16.5. The minimum atomic E-state index is 0.365. The van der Waals surface area contributed by atoms with Crippen molar-refractivity contribution in [1.82, 2.24) is 10.2 Å². The highest BCUT2D eigenvalue weighted by Gasteiger charge is 2.14. The van der Waals surface area contributed by atoms with Gasteiger partial charge in [-0.25, -0.2) is 0 Å². The van der Waals surface area contributed by atoms with Gasteiger partial charge in [-0.15, -0.1) is 5.10 Å². The van der Waals surface area contributed by atoms with Gasteiger partial charge in [0.15, 0.2) is 0 Å². The van der Waals surface area contributed by atoms with Crippen molar-refractivity contribution in [1.29, 1.82) is 0 Å². The van der Waals surface area contributed by atoms with Crippen LogP contribution in [0.25, 0.3) is 0 Å². The molecule has 0 amide bonds. The molecule has 0 aliphatic rings. The van der Waals surface area contributed by atoms with E-state index >= 15 is 0 Å². The van der Waals surface area contributed by atoms with Gasteiger partial charge in [0.1, 0.15) is 17.9 Å². The second-order valence-corrected chi connectivity index (χ2v) is 8.42. The Morgan fingerprint density at radius 1 is 1.26 bits per heavy atom. The molecule has 0 spiro atoms. The molecule has 1 N–H and O–H groups in total.